The van der Waals surface area contributed by atoms with Gasteiger partial charge in [0.1, 0.15) is 0 Å². The maximum atomic E-state index is 8.20. The zero-order valence-electron chi connectivity index (χ0n) is 4.10. The molecule has 0 aliphatic heterocycles. The van der Waals surface area contributed by atoms with Crippen molar-refractivity contribution in [3.8, 4) is 0 Å². The van der Waals surface area contributed by atoms with Crippen molar-refractivity contribution in [1.29, 1.82) is 5.41 Å². The topological polar surface area (TPSA) is 44.1 Å². The summed E-state index contributed by atoms with van der Waals surface area (Å²) in [5, 5.41) is 5.50. The molecule has 6 heavy (non-hydrogen) atoms. The van der Waals surface area contributed by atoms with Crippen molar-refractivity contribution < 1.29 is 4.10 Å². The molecule has 0 aromatic heterocycles. The molecule has 0 aromatic carbocycles. The van der Waals surface area contributed by atoms with E-state index < -0.39 is 15.0 Å². The van der Waals surface area contributed by atoms with Crippen molar-refractivity contribution >= 4 is 21.7 Å². The van der Waals surface area contributed by atoms with Crippen molar-refractivity contribution in [2.75, 3.05) is 0 Å². The maximum absolute atomic E-state index is 8.20. The van der Waals surface area contributed by atoms with Gasteiger partial charge in [-0.1, -0.05) is 0 Å². The Hall–Kier alpha value is 0.188. The number of hydrogen-bond donors (Lipinski definition) is 2. The summed E-state index contributed by atoms with van der Waals surface area (Å²) >= 11 is -1.19. The van der Waals surface area contributed by atoms with Gasteiger partial charge in [-0.05, 0) is 6.72 Å². The van der Waals surface area contributed by atoms with Crippen LogP contribution in [-0.2, 0) is 0 Å². The van der Waals surface area contributed by atoms with Gasteiger partial charge in [-0.3, -0.25) is 0 Å². The van der Waals surface area contributed by atoms with E-state index in [1.54, 1.807) is 0 Å². The van der Waals surface area contributed by atoms with Crippen LogP contribution >= 0.6 is 0 Å². The standard InChI is InChI=1S/C2H7AsO.CH3N/c1-3(2)4;1-2/h4H,1-2H3;2H,1H2. The van der Waals surface area contributed by atoms with Crippen molar-refractivity contribution in [3.63, 3.8) is 0 Å². The summed E-state index contributed by atoms with van der Waals surface area (Å²) in [4.78, 5) is 0. The van der Waals surface area contributed by atoms with E-state index in [0.29, 0.717) is 0 Å². The molecular formula is C3H10AsNO. The molecule has 3 heteroatoms. The van der Waals surface area contributed by atoms with Crippen LogP contribution in [0.5, 0.6) is 0 Å². The van der Waals surface area contributed by atoms with Gasteiger partial charge in [0.2, 0.25) is 0 Å². The fourth-order valence-electron chi connectivity index (χ4n) is 0. The van der Waals surface area contributed by atoms with E-state index in [4.69, 9.17) is 9.50 Å². The summed E-state index contributed by atoms with van der Waals surface area (Å²) in [6.07, 6.45) is 0. The molecule has 0 bridgehead atoms. The van der Waals surface area contributed by atoms with Crippen LogP contribution in [0.4, 0.5) is 0 Å². The molecule has 0 unspecified atom stereocenters. The minimum absolute atomic E-state index is 1.19. The Morgan fingerprint density at radius 3 is 1.50 bits per heavy atom. The Balaban J connectivity index is 0. The molecule has 0 saturated carbocycles. The Kier molecular flexibility index (Phi) is 14.2. The van der Waals surface area contributed by atoms with Gasteiger partial charge >= 0.3 is 30.5 Å². The SMILES string of the molecule is C=N.C[As](C)O. The van der Waals surface area contributed by atoms with Crippen LogP contribution in [0, 0.1) is 5.41 Å². The predicted molar refractivity (Wildman–Crippen MR) is 29.5 cm³/mol. The first-order valence-corrected chi connectivity index (χ1v) is 6.04. The van der Waals surface area contributed by atoms with Crippen LogP contribution in [0.15, 0.2) is 0 Å². The van der Waals surface area contributed by atoms with Crippen molar-refractivity contribution in [2.45, 2.75) is 11.4 Å². The van der Waals surface area contributed by atoms with E-state index in [-0.39, 0.29) is 0 Å². The Labute approximate surface area is 43.3 Å². The fraction of sp³-hybridized carbons (Fsp3) is 0.667. The predicted octanol–water partition coefficient (Wildman–Crippen LogP) is 0.496. The van der Waals surface area contributed by atoms with Gasteiger partial charge in [0.25, 0.3) is 0 Å². The second kappa shape index (κ2) is 8.95. The third-order valence-corrected chi connectivity index (χ3v) is 0. The van der Waals surface area contributed by atoms with Gasteiger partial charge in [-0.25, -0.2) is 0 Å². The second-order valence-corrected chi connectivity index (χ2v) is 4.40. The molecule has 2 N–H and O–H groups in total. The van der Waals surface area contributed by atoms with E-state index >= 15 is 0 Å². The third kappa shape index (κ3) is 1200. The average Bonchev–Trinajstić information content (AvgIpc) is 1.41. The molecule has 0 amide bonds. The quantitative estimate of drug-likeness (QED) is 0.384. The molecule has 0 aliphatic carbocycles. The first-order chi connectivity index (χ1) is 2.73. The molecule has 38 valence electrons. The molecule has 2 nitrogen and oxygen atoms in total. The van der Waals surface area contributed by atoms with Crippen LogP contribution in [0.1, 0.15) is 0 Å². The number of rotatable bonds is 0. The van der Waals surface area contributed by atoms with E-state index in [9.17, 15) is 0 Å². The molecule has 0 spiro atoms. The Bertz CT molecular complexity index is 22.0. The van der Waals surface area contributed by atoms with Gasteiger partial charge in [-0.2, -0.15) is 0 Å². The third-order valence-electron chi connectivity index (χ3n) is 0. The first kappa shape index (κ1) is 9.50. The zero-order chi connectivity index (χ0) is 5.58. The van der Waals surface area contributed by atoms with Crippen LogP contribution < -0.4 is 0 Å². The van der Waals surface area contributed by atoms with Crippen LogP contribution in [-0.4, -0.2) is 25.8 Å². The van der Waals surface area contributed by atoms with Gasteiger partial charge in [0, 0.05) is 0 Å². The summed E-state index contributed by atoms with van der Waals surface area (Å²) in [6, 6.07) is 0. The summed E-state index contributed by atoms with van der Waals surface area (Å²) in [7, 11) is 0. The monoisotopic (exact) mass is 151 g/mol. The zero-order valence-corrected chi connectivity index (χ0v) is 5.98. The summed E-state index contributed by atoms with van der Waals surface area (Å²) < 4.78 is 8.20. The van der Waals surface area contributed by atoms with Gasteiger partial charge in [0.15, 0.2) is 0 Å². The van der Waals surface area contributed by atoms with E-state index in [1.807, 2.05) is 11.4 Å². The van der Waals surface area contributed by atoms with Gasteiger partial charge in [0.05, 0.1) is 0 Å². The molecule has 0 rings (SSSR count). The first-order valence-electron chi connectivity index (χ1n) is 1.45. The number of hydrogen-bond acceptors (Lipinski definition) is 2. The average molecular weight is 151 g/mol. The number of nitrogens with one attached hydrogen (secondary N) is 1. The Morgan fingerprint density at radius 1 is 1.50 bits per heavy atom. The Morgan fingerprint density at radius 2 is 1.50 bits per heavy atom. The van der Waals surface area contributed by atoms with E-state index in [1.165, 1.54) is 0 Å². The minimum atomic E-state index is -1.19. The molecule has 0 fully saturated rings. The molecule has 0 atom stereocenters. The van der Waals surface area contributed by atoms with E-state index in [2.05, 4.69) is 6.72 Å². The second-order valence-electron chi connectivity index (χ2n) is 0.847. The molecule has 0 aliphatic rings. The van der Waals surface area contributed by atoms with Crippen molar-refractivity contribution in [1.82, 2.24) is 0 Å². The fourth-order valence-corrected chi connectivity index (χ4v) is 0. The molecule has 0 heterocycles. The van der Waals surface area contributed by atoms with Crippen LogP contribution in [0.25, 0.3) is 0 Å². The van der Waals surface area contributed by atoms with Crippen LogP contribution in [0.2, 0.25) is 11.4 Å². The summed E-state index contributed by atoms with van der Waals surface area (Å²) in [6.45, 7) is 2.50. The normalized spacial score (nSPS) is 6.67. The molecule has 0 aromatic rings. The summed E-state index contributed by atoms with van der Waals surface area (Å²) in [5.41, 5.74) is 3.74. The van der Waals surface area contributed by atoms with Gasteiger partial charge in [-0.15, -0.1) is 0 Å². The summed E-state index contributed by atoms with van der Waals surface area (Å²) in [5.74, 6) is 0. The van der Waals surface area contributed by atoms with Crippen LogP contribution in [0.3, 0.4) is 0 Å². The molecule has 0 saturated heterocycles. The molecule has 0 radical (unpaired) electrons. The molecular weight excluding hydrogens is 141 g/mol. The van der Waals surface area contributed by atoms with Crippen molar-refractivity contribution in [3.05, 3.63) is 0 Å². The van der Waals surface area contributed by atoms with E-state index in [0.717, 1.165) is 0 Å². The van der Waals surface area contributed by atoms with Gasteiger partial charge < -0.3 is 5.41 Å². The van der Waals surface area contributed by atoms with Crippen molar-refractivity contribution in [2.24, 2.45) is 0 Å².